The molecule has 1 aromatic heterocycles. The van der Waals surface area contributed by atoms with Gasteiger partial charge in [0, 0.05) is 22.7 Å². The molecule has 2 aromatic carbocycles. The first kappa shape index (κ1) is 26.4. The van der Waals surface area contributed by atoms with Gasteiger partial charge in [-0.3, -0.25) is 19.8 Å². The number of esters is 2. The van der Waals surface area contributed by atoms with Crippen LogP contribution in [-0.4, -0.2) is 40.8 Å². The summed E-state index contributed by atoms with van der Waals surface area (Å²) in [5.74, 6) is -2.55. The highest BCUT2D eigenvalue weighted by atomic mass is 35.5. The van der Waals surface area contributed by atoms with Crippen molar-refractivity contribution in [1.82, 2.24) is 10.2 Å². The van der Waals surface area contributed by atoms with Crippen LogP contribution in [0, 0.1) is 10.1 Å². The topological polar surface area (TPSA) is 158 Å². The number of hydrogen-bond acceptors (Lipinski definition) is 9. The minimum atomic E-state index is -0.886. The molecule has 3 amide bonds. The van der Waals surface area contributed by atoms with Crippen LogP contribution in [0.25, 0.3) is 6.08 Å². The Morgan fingerprint density at radius 3 is 2.55 bits per heavy atom. The van der Waals surface area contributed by atoms with Crippen molar-refractivity contribution in [3.05, 3.63) is 97.0 Å². The standard InChI is InChI=1S/C24H15Cl2N3O9/c1-36-23(32)20-7-4-15(37-20)11-28-21(30)18(27-24(28)33)9-12-8-14(29(34)35)3-6-19(12)38-22(31)16-5-2-13(25)10-17(16)26/h2-10H,11H2,1H3,(H,27,33)/b18-9-. The molecule has 0 radical (unpaired) electrons. The number of hydrogen-bond donors (Lipinski definition) is 1. The summed E-state index contributed by atoms with van der Waals surface area (Å²) in [6.45, 7) is -0.315. The highest BCUT2D eigenvalue weighted by Gasteiger charge is 2.35. The maximum atomic E-state index is 12.9. The predicted molar refractivity (Wildman–Crippen MR) is 132 cm³/mol. The lowest BCUT2D eigenvalue weighted by Crippen LogP contribution is -2.30. The molecular formula is C24H15Cl2N3O9. The van der Waals surface area contributed by atoms with Gasteiger partial charge in [0.05, 0.1) is 29.2 Å². The van der Waals surface area contributed by atoms with Gasteiger partial charge >= 0.3 is 18.0 Å². The number of imide groups is 1. The number of urea groups is 1. The number of halogens is 2. The van der Waals surface area contributed by atoms with Gasteiger partial charge in [-0.25, -0.2) is 14.4 Å². The number of ether oxygens (including phenoxy) is 2. The zero-order valence-electron chi connectivity index (χ0n) is 19.2. The minimum absolute atomic E-state index is 0.0192. The second kappa shape index (κ2) is 10.7. The number of benzene rings is 2. The molecule has 1 aliphatic rings. The number of carbonyl (C=O) groups is 4. The molecule has 0 atom stereocenters. The first-order chi connectivity index (χ1) is 18.1. The van der Waals surface area contributed by atoms with Crippen molar-refractivity contribution in [3.63, 3.8) is 0 Å². The van der Waals surface area contributed by atoms with E-state index in [4.69, 9.17) is 32.4 Å². The molecule has 14 heteroatoms. The van der Waals surface area contributed by atoms with E-state index in [0.29, 0.717) is 5.02 Å². The zero-order chi connectivity index (χ0) is 27.6. The zero-order valence-corrected chi connectivity index (χ0v) is 20.7. The molecule has 0 bridgehead atoms. The summed E-state index contributed by atoms with van der Waals surface area (Å²) >= 11 is 11.9. The van der Waals surface area contributed by atoms with Crippen molar-refractivity contribution in [3.8, 4) is 5.75 Å². The number of nitrogens with zero attached hydrogens (tertiary/aromatic N) is 2. The number of furan rings is 1. The van der Waals surface area contributed by atoms with Crippen LogP contribution in [0.15, 0.2) is 58.6 Å². The quantitative estimate of drug-likeness (QED) is 0.109. The number of carbonyl (C=O) groups excluding carboxylic acids is 4. The molecule has 1 N–H and O–H groups in total. The molecule has 0 spiro atoms. The average Bonchev–Trinajstić information content (AvgIpc) is 3.44. The molecule has 0 unspecified atom stereocenters. The highest BCUT2D eigenvalue weighted by Crippen LogP contribution is 2.30. The van der Waals surface area contributed by atoms with Gasteiger partial charge in [-0.1, -0.05) is 23.2 Å². The molecule has 0 saturated carbocycles. The van der Waals surface area contributed by atoms with Gasteiger partial charge in [0.2, 0.25) is 5.76 Å². The lowest BCUT2D eigenvalue weighted by atomic mass is 10.1. The van der Waals surface area contributed by atoms with Crippen molar-refractivity contribution in [2.45, 2.75) is 6.54 Å². The Balaban J connectivity index is 1.62. The predicted octanol–water partition coefficient (Wildman–Crippen LogP) is 4.59. The van der Waals surface area contributed by atoms with Crippen LogP contribution >= 0.6 is 23.2 Å². The fourth-order valence-corrected chi connectivity index (χ4v) is 3.85. The number of amides is 3. The summed E-state index contributed by atoms with van der Waals surface area (Å²) in [5, 5.41) is 14.0. The third kappa shape index (κ3) is 5.51. The normalized spacial score (nSPS) is 14.0. The van der Waals surface area contributed by atoms with Gasteiger partial charge in [0.1, 0.15) is 17.2 Å². The van der Waals surface area contributed by atoms with Crippen LogP contribution in [0.1, 0.15) is 32.2 Å². The van der Waals surface area contributed by atoms with Crippen LogP contribution in [0.2, 0.25) is 10.0 Å². The van der Waals surface area contributed by atoms with Crippen molar-refractivity contribution < 1.29 is 38.0 Å². The molecule has 194 valence electrons. The maximum absolute atomic E-state index is 12.9. The van der Waals surface area contributed by atoms with Crippen LogP contribution in [0.5, 0.6) is 5.75 Å². The fraction of sp³-hybridized carbons (Fsp3) is 0.0833. The average molecular weight is 560 g/mol. The molecule has 4 rings (SSSR count). The van der Waals surface area contributed by atoms with E-state index in [-0.39, 0.29) is 51.3 Å². The van der Waals surface area contributed by atoms with Gasteiger partial charge in [-0.15, -0.1) is 0 Å². The number of nitrogens with one attached hydrogen (secondary N) is 1. The van der Waals surface area contributed by atoms with Gasteiger partial charge in [0.15, 0.2) is 0 Å². The van der Waals surface area contributed by atoms with Crippen LogP contribution < -0.4 is 10.1 Å². The van der Waals surface area contributed by atoms with Crippen molar-refractivity contribution >= 4 is 58.8 Å². The van der Waals surface area contributed by atoms with Crippen molar-refractivity contribution in [2.24, 2.45) is 0 Å². The number of methoxy groups -OCH3 is 1. The Kier molecular flexibility index (Phi) is 7.46. The Morgan fingerprint density at radius 2 is 1.87 bits per heavy atom. The summed E-state index contributed by atoms with van der Waals surface area (Å²) in [6.07, 6.45) is 1.13. The van der Waals surface area contributed by atoms with Crippen LogP contribution in [0.4, 0.5) is 10.5 Å². The lowest BCUT2D eigenvalue weighted by Gasteiger charge is -2.10. The monoisotopic (exact) mass is 559 g/mol. The second-order valence-electron chi connectivity index (χ2n) is 7.63. The lowest BCUT2D eigenvalue weighted by molar-refractivity contribution is -0.384. The first-order valence-electron chi connectivity index (χ1n) is 10.5. The highest BCUT2D eigenvalue weighted by molar-refractivity contribution is 6.36. The third-order valence-electron chi connectivity index (χ3n) is 5.18. The number of nitro groups is 1. The molecular weight excluding hydrogens is 545 g/mol. The number of nitro benzene ring substituents is 1. The maximum Gasteiger partial charge on any atom is 0.373 e. The summed E-state index contributed by atoms with van der Waals surface area (Å²) < 4.78 is 15.2. The van der Waals surface area contributed by atoms with Gasteiger partial charge < -0.3 is 19.2 Å². The SMILES string of the molecule is COC(=O)c1ccc(CN2C(=O)N/C(=C\c3cc([N+](=O)[O-])ccc3OC(=O)c3ccc(Cl)cc3Cl)C2=O)o1. The number of rotatable bonds is 7. The van der Waals surface area contributed by atoms with E-state index in [1.54, 1.807) is 0 Å². The van der Waals surface area contributed by atoms with E-state index in [0.717, 1.165) is 23.1 Å². The third-order valence-corrected chi connectivity index (χ3v) is 5.73. The first-order valence-corrected chi connectivity index (χ1v) is 11.3. The van der Waals surface area contributed by atoms with Gasteiger partial charge in [-0.05, 0) is 42.5 Å². The van der Waals surface area contributed by atoms with Crippen molar-refractivity contribution in [1.29, 1.82) is 0 Å². The summed E-state index contributed by atoms with van der Waals surface area (Å²) in [6, 6.07) is 9.36. The molecule has 12 nitrogen and oxygen atoms in total. The van der Waals surface area contributed by atoms with E-state index in [2.05, 4.69) is 10.1 Å². The Hall–Kier alpha value is -4.68. The molecule has 3 aromatic rings. The number of non-ortho nitro benzene ring substituents is 1. The van der Waals surface area contributed by atoms with Crippen LogP contribution in [0.3, 0.4) is 0 Å². The van der Waals surface area contributed by atoms with Crippen LogP contribution in [-0.2, 0) is 16.1 Å². The molecule has 38 heavy (non-hydrogen) atoms. The molecule has 1 aliphatic heterocycles. The summed E-state index contributed by atoms with van der Waals surface area (Å²) in [5.41, 5.74) is -0.680. The molecule has 1 saturated heterocycles. The van der Waals surface area contributed by atoms with Gasteiger partial charge in [-0.2, -0.15) is 0 Å². The van der Waals surface area contributed by atoms with E-state index in [1.165, 1.54) is 43.5 Å². The minimum Gasteiger partial charge on any atom is -0.463 e. The molecule has 0 aliphatic carbocycles. The Labute approximate surface area is 223 Å². The summed E-state index contributed by atoms with van der Waals surface area (Å²) in [7, 11) is 1.17. The smallest absolute Gasteiger partial charge is 0.373 e. The van der Waals surface area contributed by atoms with E-state index in [1.807, 2.05) is 0 Å². The fourth-order valence-electron chi connectivity index (χ4n) is 3.36. The molecule has 2 heterocycles. The molecule has 1 fully saturated rings. The second-order valence-corrected chi connectivity index (χ2v) is 8.47. The van der Waals surface area contributed by atoms with Gasteiger partial charge in [0.25, 0.3) is 11.6 Å². The van der Waals surface area contributed by atoms with E-state index < -0.39 is 28.8 Å². The van der Waals surface area contributed by atoms with E-state index >= 15 is 0 Å². The Bertz CT molecular complexity index is 1530. The Morgan fingerprint density at radius 1 is 1.11 bits per heavy atom. The van der Waals surface area contributed by atoms with E-state index in [9.17, 15) is 29.3 Å². The largest absolute Gasteiger partial charge is 0.463 e. The summed E-state index contributed by atoms with van der Waals surface area (Å²) in [4.78, 5) is 61.1. The van der Waals surface area contributed by atoms with Crippen molar-refractivity contribution in [2.75, 3.05) is 7.11 Å².